The number of amides is 3. The smallest absolute Gasteiger partial charge is 0.413 e. The molecule has 47 heavy (non-hydrogen) atoms. The third-order valence-corrected chi connectivity index (χ3v) is 7.70. The summed E-state index contributed by atoms with van der Waals surface area (Å²) in [6.45, 7) is 19.9. The van der Waals surface area contributed by atoms with Gasteiger partial charge in [0.2, 0.25) is 0 Å². The van der Waals surface area contributed by atoms with Crippen LogP contribution in [0.4, 0.5) is 31.3 Å². The Morgan fingerprint density at radius 2 is 1.79 bits per heavy atom. The van der Waals surface area contributed by atoms with E-state index >= 15 is 0 Å². The highest BCUT2D eigenvalue weighted by molar-refractivity contribution is 6.01. The number of hydrogen-bond donors (Lipinski definition) is 3. The zero-order valence-corrected chi connectivity index (χ0v) is 28.5. The van der Waals surface area contributed by atoms with E-state index in [1.807, 2.05) is 20.8 Å². The Morgan fingerprint density at radius 1 is 1.13 bits per heavy atom. The van der Waals surface area contributed by atoms with Gasteiger partial charge in [-0.2, -0.15) is 9.61 Å². The quantitative estimate of drug-likeness (QED) is 0.227. The molecule has 0 aliphatic carbocycles. The summed E-state index contributed by atoms with van der Waals surface area (Å²) in [5.41, 5.74) is 2.24. The summed E-state index contributed by atoms with van der Waals surface area (Å²) in [7, 11) is 0. The highest BCUT2D eigenvalue weighted by Gasteiger charge is 2.32. The summed E-state index contributed by atoms with van der Waals surface area (Å²) >= 11 is 0. The first-order chi connectivity index (χ1) is 21.8. The molecule has 0 bridgehead atoms. The number of benzene rings is 1. The number of nitrogens with one attached hydrogen (secondary N) is 2. The normalized spacial score (nSPS) is 14.3. The molecule has 1 fully saturated rings. The molecule has 2 aromatic heterocycles. The number of fused-ring (bicyclic) bond motifs is 1. The van der Waals surface area contributed by atoms with E-state index in [-0.39, 0.29) is 23.9 Å². The van der Waals surface area contributed by atoms with Crippen molar-refractivity contribution >= 4 is 41.1 Å². The fraction of sp³-hybridized carbons (Fsp3) is 0.500. The van der Waals surface area contributed by atoms with Crippen LogP contribution in [-0.4, -0.2) is 62.5 Å². The second kappa shape index (κ2) is 13.6. The minimum absolute atomic E-state index is 0.0462. The van der Waals surface area contributed by atoms with Crippen molar-refractivity contribution in [3.8, 4) is 0 Å². The SMILES string of the molecule is C=C(F)C(=O)Nc1cccc(CN(C(=O)O)c2cc(N3CCC(NC(=O)OC(C)(C)C)CC3)nc3c(C(C)C)c(C(C)(C)C)nn23)c1. The summed E-state index contributed by atoms with van der Waals surface area (Å²) in [6, 6.07) is 8.19. The van der Waals surface area contributed by atoms with Crippen molar-refractivity contribution in [1.82, 2.24) is 19.9 Å². The fourth-order valence-electron chi connectivity index (χ4n) is 5.55. The molecule has 13 heteroatoms. The van der Waals surface area contributed by atoms with Gasteiger partial charge in [-0.05, 0) is 57.2 Å². The minimum Gasteiger partial charge on any atom is -0.465 e. The number of ether oxygens (including phenoxy) is 1. The Bertz CT molecular complexity index is 1660. The van der Waals surface area contributed by atoms with Crippen molar-refractivity contribution in [1.29, 1.82) is 0 Å². The van der Waals surface area contributed by atoms with Crippen LogP contribution in [0.15, 0.2) is 42.7 Å². The minimum atomic E-state index is -1.21. The van der Waals surface area contributed by atoms with Crippen LogP contribution in [0.25, 0.3) is 5.65 Å². The van der Waals surface area contributed by atoms with E-state index in [4.69, 9.17) is 14.8 Å². The first kappa shape index (κ1) is 35.2. The second-order valence-corrected chi connectivity index (χ2v) is 14.2. The number of carbonyl (C=O) groups excluding carboxylic acids is 2. The second-order valence-electron chi connectivity index (χ2n) is 14.2. The lowest BCUT2D eigenvalue weighted by Gasteiger charge is -2.34. The summed E-state index contributed by atoms with van der Waals surface area (Å²) in [5.74, 6) is -1.16. The largest absolute Gasteiger partial charge is 0.465 e. The molecule has 4 rings (SSSR count). The van der Waals surface area contributed by atoms with Gasteiger partial charge in [-0.15, -0.1) is 0 Å². The molecule has 3 aromatic rings. The summed E-state index contributed by atoms with van der Waals surface area (Å²) < 4.78 is 20.4. The van der Waals surface area contributed by atoms with Crippen molar-refractivity contribution < 1.29 is 28.6 Å². The van der Waals surface area contributed by atoms with Crippen molar-refractivity contribution in [2.24, 2.45) is 0 Å². The van der Waals surface area contributed by atoms with Gasteiger partial charge in [0.1, 0.15) is 17.2 Å². The molecule has 1 saturated heterocycles. The van der Waals surface area contributed by atoms with Crippen LogP contribution in [0.1, 0.15) is 91.0 Å². The van der Waals surface area contributed by atoms with Gasteiger partial charge in [0.25, 0.3) is 5.91 Å². The van der Waals surface area contributed by atoms with Gasteiger partial charge in [0.05, 0.1) is 12.2 Å². The predicted molar refractivity (Wildman–Crippen MR) is 180 cm³/mol. The van der Waals surface area contributed by atoms with Crippen LogP contribution in [0.3, 0.4) is 0 Å². The molecule has 3 amide bonds. The van der Waals surface area contributed by atoms with E-state index in [1.54, 1.807) is 34.8 Å². The van der Waals surface area contributed by atoms with Crippen molar-refractivity contribution in [2.45, 2.75) is 97.8 Å². The highest BCUT2D eigenvalue weighted by atomic mass is 19.1. The van der Waals surface area contributed by atoms with Crippen LogP contribution in [0.2, 0.25) is 0 Å². The third-order valence-electron chi connectivity index (χ3n) is 7.70. The number of carbonyl (C=O) groups is 3. The Morgan fingerprint density at radius 3 is 2.34 bits per heavy atom. The lowest BCUT2D eigenvalue weighted by Crippen LogP contribution is -2.46. The van der Waals surface area contributed by atoms with Crippen LogP contribution in [-0.2, 0) is 21.5 Å². The molecule has 254 valence electrons. The molecule has 1 aliphatic rings. The number of halogens is 1. The molecule has 3 heterocycles. The van der Waals surface area contributed by atoms with Gasteiger partial charge in [0.15, 0.2) is 11.5 Å². The molecule has 0 radical (unpaired) electrons. The Kier molecular flexibility index (Phi) is 10.2. The molecule has 0 saturated carbocycles. The number of nitrogens with zero attached hydrogens (tertiary/aromatic N) is 5. The summed E-state index contributed by atoms with van der Waals surface area (Å²) in [4.78, 5) is 45.5. The monoisotopic (exact) mass is 651 g/mol. The topological polar surface area (TPSA) is 141 Å². The van der Waals surface area contributed by atoms with Crippen LogP contribution >= 0.6 is 0 Å². The van der Waals surface area contributed by atoms with Crippen LogP contribution in [0.5, 0.6) is 0 Å². The van der Waals surface area contributed by atoms with Gasteiger partial charge in [-0.3, -0.25) is 9.69 Å². The number of hydrogen-bond acceptors (Lipinski definition) is 7. The van der Waals surface area contributed by atoms with Gasteiger partial charge >= 0.3 is 12.2 Å². The number of aromatic nitrogens is 3. The maximum absolute atomic E-state index is 13.3. The Balaban J connectivity index is 1.75. The molecular weight excluding hydrogens is 605 g/mol. The average molecular weight is 652 g/mol. The predicted octanol–water partition coefficient (Wildman–Crippen LogP) is 6.75. The first-order valence-corrected chi connectivity index (χ1v) is 15.8. The third kappa shape index (κ3) is 8.57. The molecule has 0 spiro atoms. The van der Waals surface area contributed by atoms with Crippen molar-refractivity contribution in [3.63, 3.8) is 0 Å². The van der Waals surface area contributed by atoms with Crippen molar-refractivity contribution in [2.75, 3.05) is 28.2 Å². The van der Waals surface area contributed by atoms with Crippen LogP contribution in [0, 0.1) is 0 Å². The maximum Gasteiger partial charge on any atom is 0.413 e. The van der Waals surface area contributed by atoms with Crippen LogP contribution < -0.4 is 20.4 Å². The van der Waals surface area contributed by atoms with E-state index in [2.05, 4.69) is 56.7 Å². The fourth-order valence-corrected chi connectivity index (χ4v) is 5.55. The number of alkyl carbamates (subject to hydrolysis) is 1. The van der Waals surface area contributed by atoms with E-state index in [0.29, 0.717) is 54.5 Å². The molecule has 1 aliphatic heterocycles. The molecule has 3 N–H and O–H groups in total. The van der Waals surface area contributed by atoms with E-state index < -0.39 is 29.5 Å². The zero-order chi connectivity index (χ0) is 34.8. The number of carboxylic acid groups (broad SMARTS) is 1. The number of rotatable bonds is 8. The maximum atomic E-state index is 13.3. The van der Waals surface area contributed by atoms with E-state index in [0.717, 1.165) is 11.3 Å². The first-order valence-electron chi connectivity index (χ1n) is 15.8. The highest BCUT2D eigenvalue weighted by Crippen LogP contribution is 2.36. The molecule has 0 unspecified atom stereocenters. The zero-order valence-electron chi connectivity index (χ0n) is 28.5. The molecular formula is C34H46FN7O5. The van der Waals surface area contributed by atoms with Gasteiger partial charge < -0.3 is 25.4 Å². The molecule has 12 nitrogen and oxygen atoms in total. The lowest BCUT2D eigenvalue weighted by molar-refractivity contribution is -0.114. The molecule has 0 atom stereocenters. The van der Waals surface area contributed by atoms with Crippen molar-refractivity contribution in [3.05, 3.63) is 59.6 Å². The van der Waals surface area contributed by atoms with Gasteiger partial charge in [-0.25, -0.2) is 19.0 Å². The Hall–Kier alpha value is -4.68. The van der Waals surface area contributed by atoms with Gasteiger partial charge in [0, 0.05) is 41.9 Å². The number of piperidine rings is 1. The molecule has 1 aromatic carbocycles. The number of anilines is 3. The van der Waals surface area contributed by atoms with Gasteiger partial charge in [-0.1, -0.05) is 53.3 Å². The standard InChI is InChI=1S/C34H46FN7O5/c1-20(2)27-28(33(4,5)6)39-42-26(41(32(45)46)19-22-11-10-12-24(17-22)36-30(43)21(3)35)18-25(38-29(27)42)40-15-13-23(14-16-40)37-31(44)47-34(7,8)9/h10-12,17-18,20,23H,3,13-16,19H2,1-2,4-9H3,(H,36,43)(H,37,44)(H,45,46). The summed E-state index contributed by atoms with van der Waals surface area (Å²) in [6.07, 6.45) is -0.368. The average Bonchev–Trinajstić information content (AvgIpc) is 3.36. The van der Waals surface area contributed by atoms with E-state index in [1.165, 1.54) is 4.90 Å². The summed E-state index contributed by atoms with van der Waals surface area (Å²) in [5, 5.41) is 20.9. The Labute approximate surface area is 275 Å². The lowest BCUT2D eigenvalue weighted by atomic mass is 9.86. The van der Waals surface area contributed by atoms with E-state index in [9.17, 15) is 23.9 Å².